The number of benzene rings is 1. The van der Waals surface area contributed by atoms with E-state index in [2.05, 4.69) is 5.32 Å². The van der Waals surface area contributed by atoms with E-state index in [1.165, 1.54) is 5.56 Å². The highest BCUT2D eigenvalue weighted by Crippen LogP contribution is 2.29. The third-order valence-electron chi connectivity index (χ3n) is 3.51. The van der Waals surface area contributed by atoms with E-state index in [9.17, 15) is 5.11 Å². The van der Waals surface area contributed by atoms with Crippen LogP contribution < -0.4 is 14.8 Å². The Hall–Kier alpha value is -1.26. The lowest BCUT2D eigenvalue weighted by molar-refractivity contribution is 0.0791. The summed E-state index contributed by atoms with van der Waals surface area (Å²) >= 11 is 0. The quantitative estimate of drug-likeness (QED) is 0.844. The Morgan fingerprint density at radius 2 is 2.06 bits per heavy atom. The lowest BCUT2D eigenvalue weighted by atomic mass is 9.89. The van der Waals surface area contributed by atoms with Crippen molar-refractivity contribution in [3.05, 3.63) is 23.8 Å². The summed E-state index contributed by atoms with van der Waals surface area (Å²) in [4.78, 5) is 0. The lowest BCUT2D eigenvalue weighted by Gasteiger charge is -2.28. The first-order valence-corrected chi connectivity index (χ1v) is 6.34. The molecule has 4 heteroatoms. The molecule has 0 bridgehead atoms. The number of aliphatic hydroxyl groups excluding tert-OH is 1. The second-order valence-electron chi connectivity index (χ2n) is 4.71. The zero-order valence-electron chi connectivity index (χ0n) is 11.0. The SMILES string of the molecule is COc1ccc(CC2CNCCC2O)cc1OC. The first-order valence-electron chi connectivity index (χ1n) is 6.34. The first-order chi connectivity index (χ1) is 8.74. The Labute approximate surface area is 108 Å². The van der Waals surface area contributed by atoms with Crippen molar-refractivity contribution in [3.63, 3.8) is 0 Å². The van der Waals surface area contributed by atoms with Gasteiger partial charge in [0.2, 0.25) is 0 Å². The van der Waals surface area contributed by atoms with Crippen molar-refractivity contribution in [1.29, 1.82) is 0 Å². The van der Waals surface area contributed by atoms with Gasteiger partial charge in [0.05, 0.1) is 20.3 Å². The van der Waals surface area contributed by atoms with E-state index >= 15 is 0 Å². The van der Waals surface area contributed by atoms with Gasteiger partial charge in [-0.25, -0.2) is 0 Å². The summed E-state index contributed by atoms with van der Waals surface area (Å²) in [6.07, 6.45) is 1.48. The van der Waals surface area contributed by atoms with Crippen LogP contribution in [0.4, 0.5) is 0 Å². The monoisotopic (exact) mass is 251 g/mol. The van der Waals surface area contributed by atoms with Crippen molar-refractivity contribution in [1.82, 2.24) is 5.32 Å². The molecular formula is C14H21NO3. The molecule has 2 unspecified atom stereocenters. The molecule has 2 N–H and O–H groups in total. The topological polar surface area (TPSA) is 50.7 Å². The van der Waals surface area contributed by atoms with E-state index in [0.717, 1.165) is 37.4 Å². The van der Waals surface area contributed by atoms with Crippen LogP contribution in [0.5, 0.6) is 11.5 Å². The predicted octanol–water partition coefficient (Wildman–Crippen LogP) is 1.22. The minimum atomic E-state index is -0.209. The van der Waals surface area contributed by atoms with E-state index in [4.69, 9.17) is 9.47 Å². The third-order valence-corrected chi connectivity index (χ3v) is 3.51. The Bertz CT molecular complexity index is 395. The summed E-state index contributed by atoms with van der Waals surface area (Å²) in [5.74, 6) is 1.76. The second kappa shape index (κ2) is 6.07. The average Bonchev–Trinajstić information content (AvgIpc) is 2.41. The maximum atomic E-state index is 9.96. The fourth-order valence-corrected chi connectivity index (χ4v) is 2.43. The maximum Gasteiger partial charge on any atom is 0.160 e. The molecular weight excluding hydrogens is 230 g/mol. The molecule has 4 nitrogen and oxygen atoms in total. The van der Waals surface area contributed by atoms with E-state index in [1.807, 2.05) is 18.2 Å². The molecule has 0 aromatic heterocycles. The van der Waals surface area contributed by atoms with E-state index < -0.39 is 0 Å². The van der Waals surface area contributed by atoms with Gasteiger partial charge < -0.3 is 19.9 Å². The van der Waals surface area contributed by atoms with Gasteiger partial charge in [0, 0.05) is 12.5 Å². The highest BCUT2D eigenvalue weighted by atomic mass is 16.5. The highest BCUT2D eigenvalue weighted by molar-refractivity contribution is 5.43. The molecule has 1 aliphatic rings. The van der Waals surface area contributed by atoms with Crippen LogP contribution in [-0.4, -0.2) is 38.5 Å². The Balaban J connectivity index is 2.08. The number of piperidine rings is 1. The van der Waals surface area contributed by atoms with Crippen LogP contribution in [0.15, 0.2) is 18.2 Å². The number of nitrogens with one attached hydrogen (secondary N) is 1. The minimum Gasteiger partial charge on any atom is -0.493 e. The van der Waals surface area contributed by atoms with E-state index in [0.29, 0.717) is 0 Å². The number of methoxy groups -OCH3 is 2. The maximum absolute atomic E-state index is 9.96. The molecule has 100 valence electrons. The standard InChI is InChI=1S/C14H21NO3/c1-17-13-4-3-10(8-14(13)18-2)7-11-9-15-6-5-12(11)16/h3-4,8,11-12,15-16H,5-7,9H2,1-2H3. The molecule has 2 atom stereocenters. The molecule has 1 aliphatic heterocycles. The summed E-state index contributed by atoms with van der Waals surface area (Å²) in [7, 11) is 3.27. The summed E-state index contributed by atoms with van der Waals surface area (Å²) in [6, 6.07) is 5.93. The normalized spacial score (nSPS) is 23.7. The van der Waals surface area contributed by atoms with Crippen LogP contribution in [0.1, 0.15) is 12.0 Å². The van der Waals surface area contributed by atoms with Gasteiger partial charge in [-0.1, -0.05) is 6.07 Å². The molecule has 0 radical (unpaired) electrons. The second-order valence-corrected chi connectivity index (χ2v) is 4.71. The number of hydrogen-bond acceptors (Lipinski definition) is 4. The van der Waals surface area contributed by atoms with Gasteiger partial charge in [-0.15, -0.1) is 0 Å². The van der Waals surface area contributed by atoms with Gasteiger partial charge in [-0.3, -0.25) is 0 Å². The van der Waals surface area contributed by atoms with Crippen LogP contribution in [0.25, 0.3) is 0 Å². The predicted molar refractivity (Wildman–Crippen MR) is 70.2 cm³/mol. The fraction of sp³-hybridized carbons (Fsp3) is 0.571. The third kappa shape index (κ3) is 2.94. The summed E-state index contributed by atoms with van der Waals surface area (Å²) in [5, 5.41) is 13.3. The summed E-state index contributed by atoms with van der Waals surface area (Å²) < 4.78 is 10.5. The van der Waals surface area contributed by atoms with Crippen LogP contribution >= 0.6 is 0 Å². The van der Waals surface area contributed by atoms with Crippen molar-refractivity contribution in [2.45, 2.75) is 18.9 Å². The summed E-state index contributed by atoms with van der Waals surface area (Å²) in [5.41, 5.74) is 1.17. The zero-order valence-corrected chi connectivity index (χ0v) is 11.0. The zero-order chi connectivity index (χ0) is 13.0. The molecule has 1 aromatic rings. The Morgan fingerprint density at radius 3 is 2.72 bits per heavy atom. The highest BCUT2D eigenvalue weighted by Gasteiger charge is 2.23. The molecule has 0 saturated carbocycles. The van der Waals surface area contributed by atoms with Crippen LogP contribution in [-0.2, 0) is 6.42 Å². The van der Waals surface area contributed by atoms with Crippen molar-refractivity contribution < 1.29 is 14.6 Å². The van der Waals surface area contributed by atoms with Gasteiger partial charge in [-0.2, -0.15) is 0 Å². The Morgan fingerprint density at radius 1 is 1.28 bits per heavy atom. The number of hydrogen-bond donors (Lipinski definition) is 2. The van der Waals surface area contributed by atoms with Crippen LogP contribution in [0, 0.1) is 5.92 Å². The average molecular weight is 251 g/mol. The van der Waals surface area contributed by atoms with Crippen LogP contribution in [0.3, 0.4) is 0 Å². The van der Waals surface area contributed by atoms with Crippen molar-refractivity contribution in [2.75, 3.05) is 27.3 Å². The lowest BCUT2D eigenvalue weighted by Crippen LogP contribution is -2.40. The van der Waals surface area contributed by atoms with Gasteiger partial charge in [0.25, 0.3) is 0 Å². The molecule has 1 saturated heterocycles. The fourth-order valence-electron chi connectivity index (χ4n) is 2.43. The van der Waals surface area contributed by atoms with E-state index in [1.54, 1.807) is 14.2 Å². The minimum absolute atomic E-state index is 0.209. The van der Waals surface area contributed by atoms with Crippen LogP contribution in [0.2, 0.25) is 0 Å². The molecule has 1 heterocycles. The molecule has 18 heavy (non-hydrogen) atoms. The smallest absolute Gasteiger partial charge is 0.160 e. The Kier molecular flexibility index (Phi) is 4.44. The number of ether oxygens (including phenoxy) is 2. The van der Waals surface area contributed by atoms with Gasteiger partial charge in [0.1, 0.15) is 0 Å². The largest absolute Gasteiger partial charge is 0.493 e. The van der Waals surface area contributed by atoms with Gasteiger partial charge in [0.15, 0.2) is 11.5 Å². The number of aliphatic hydroxyl groups is 1. The molecule has 1 fully saturated rings. The molecule has 0 aliphatic carbocycles. The molecule has 0 spiro atoms. The molecule has 2 rings (SSSR count). The molecule has 1 aromatic carbocycles. The summed E-state index contributed by atoms with van der Waals surface area (Å²) in [6.45, 7) is 1.78. The van der Waals surface area contributed by atoms with Gasteiger partial charge in [-0.05, 0) is 37.1 Å². The first kappa shape index (κ1) is 13.2. The van der Waals surface area contributed by atoms with E-state index in [-0.39, 0.29) is 12.0 Å². The van der Waals surface area contributed by atoms with Gasteiger partial charge >= 0.3 is 0 Å². The van der Waals surface area contributed by atoms with Crippen molar-refractivity contribution in [2.24, 2.45) is 5.92 Å². The molecule has 0 amide bonds. The number of rotatable bonds is 4. The van der Waals surface area contributed by atoms with Crippen molar-refractivity contribution in [3.8, 4) is 11.5 Å². The van der Waals surface area contributed by atoms with Crippen molar-refractivity contribution >= 4 is 0 Å².